The first-order valence-corrected chi connectivity index (χ1v) is 6.97. The van der Waals surface area contributed by atoms with Crippen LogP contribution in [0.4, 0.5) is 0 Å². The SMILES string of the molecule is C=C(C)C(=O)OCC(O)COc1cccc2ccc(C)nc12. The van der Waals surface area contributed by atoms with E-state index in [1.807, 2.05) is 31.2 Å². The highest BCUT2D eigenvalue weighted by atomic mass is 16.5. The van der Waals surface area contributed by atoms with E-state index in [0.29, 0.717) is 11.3 Å². The van der Waals surface area contributed by atoms with E-state index in [-0.39, 0.29) is 13.2 Å². The van der Waals surface area contributed by atoms with Gasteiger partial charge in [-0.25, -0.2) is 9.78 Å². The smallest absolute Gasteiger partial charge is 0.333 e. The molecule has 116 valence electrons. The fraction of sp³-hybridized carbons (Fsp3) is 0.294. The summed E-state index contributed by atoms with van der Waals surface area (Å²) in [7, 11) is 0. The van der Waals surface area contributed by atoms with Gasteiger partial charge in [0, 0.05) is 16.7 Å². The molecule has 0 aliphatic heterocycles. The molecule has 0 aliphatic rings. The van der Waals surface area contributed by atoms with Crippen molar-refractivity contribution >= 4 is 16.9 Å². The van der Waals surface area contributed by atoms with Crippen LogP contribution >= 0.6 is 0 Å². The third-order valence-electron chi connectivity index (χ3n) is 3.01. The normalized spacial score (nSPS) is 12.0. The minimum absolute atomic E-state index is 0.0121. The predicted octanol–water partition coefficient (Wildman–Crippen LogP) is 2.40. The molecule has 5 heteroatoms. The van der Waals surface area contributed by atoms with Crippen LogP contribution in [-0.4, -0.2) is 35.4 Å². The fourth-order valence-corrected chi connectivity index (χ4v) is 1.86. The number of ether oxygens (including phenoxy) is 2. The Morgan fingerprint density at radius 1 is 1.32 bits per heavy atom. The van der Waals surface area contributed by atoms with E-state index in [2.05, 4.69) is 11.6 Å². The quantitative estimate of drug-likeness (QED) is 0.655. The second-order valence-corrected chi connectivity index (χ2v) is 5.12. The zero-order valence-electron chi connectivity index (χ0n) is 12.7. The Balaban J connectivity index is 1.98. The van der Waals surface area contributed by atoms with Crippen molar-refractivity contribution in [2.75, 3.05) is 13.2 Å². The first kappa shape index (κ1) is 16.0. The third kappa shape index (κ3) is 4.05. The van der Waals surface area contributed by atoms with E-state index >= 15 is 0 Å². The van der Waals surface area contributed by atoms with Gasteiger partial charge in [-0.1, -0.05) is 24.8 Å². The molecule has 0 amide bonds. The Hall–Kier alpha value is -2.40. The molecule has 0 aliphatic carbocycles. The van der Waals surface area contributed by atoms with E-state index in [4.69, 9.17) is 9.47 Å². The minimum atomic E-state index is -0.914. The number of hydrogen-bond donors (Lipinski definition) is 1. The van der Waals surface area contributed by atoms with Gasteiger partial charge in [-0.2, -0.15) is 0 Å². The number of para-hydroxylation sites is 1. The number of aryl methyl sites for hydroxylation is 1. The van der Waals surface area contributed by atoms with Gasteiger partial charge in [0.2, 0.25) is 0 Å². The number of aromatic nitrogens is 1. The minimum Gasteiger partial charge on any atom is -0.488 e. The van der Waals surface area contributed by atoms with Gasteiger partial charge in [0.1, 0.15) is 30.6 Å². The molecule has 2 aromatic rings. The van der Waals surface area contributed by atoms with Crippen molar-refractivity contribution in [1.82, 2.24) is 4.98 Å². The molecule has 0 fully saturated rings. The highest BCUT2D eigenvalue weighted by Gasteiger charge is 2.11. The Kier molecular flexibility index (Phi) is 5.12. The van der Waals surface area contributed by atoms with Gasteiger partial charge >= 0.3 is 5.97 Å². The molecule has 5 nitrogen and oxygen atoms in total. The molecule has 1 unspecified atom stereocenters. The van der Waals surface area contributed by atoms with E-state index in [1.165, 1.54) is 0 Å². The lowest BCUT2D eigenvalue weighted by Crippen LogP contribution is -2.25. The van der Waals surface area contributed by atoms with Gasteiger partial charge in [-0.05, 0) is 26.0 Å². The molecule has 1 atom stereocenters. The number of carbonyl (C=O) groups is 1. The molecule has 0 saturated carbocycles. The summed E-state index contributed by atoms with van der Waals surface area (Å²) in [6.07, 6.45) is -0.914. The summed E-state index contributed by atoms with van der Waals surface area (Å²) in [5.74, 6) is 0.0629. The maximum Gasteiger partial charge on any atom is 0.333 e. The molecule has 22 heavy (non-hydrogen) atoms. The maximum absolute atomic E-state index is 11.3. The van der Waals surface area contributed by atoms with Crippen molar-refractivity contribution in [1.29, 1.82) is 0 Å². The van der Waals surface area contributed by atoms with Crippen molar-refractivity contribution < 1.29 is 19.4 Å². The number of benzene rings is 1. The van der Waals surface area contributed by atoms with E-state index in [9.17, 15) is 9.90 Å². The molecule has 0 radical (unpaired) electrons. The molecular formula is C17H19NO4. The number of rotatable bonds is 6. The Morgan fingerprint density at radius 2 is 2.09 bits per heavy atom. The summed E-state index contributed by atoms with van der Waals surface area (Å²) in [6, 6.07) is 9.50. The molecule has 0 bridgehead atoms. The number of hydrogen-bond acceptors (Lipinski definition) is 5. The lowest BCUT2D eigenvalue weighted by atomic mass is 10.2. The second kappa shape index (κ2) is 7.04. The second-order valence-electron chi connectivity index (χ2n) is 5.12. The van der Waals surface area contributed by atoms with Crippen LogP contribution in [0.1, 0.15) is 12.6 Å². The average molecular weight is 301 g/mol. The van der Waals surface area contributed by atoms with Crippen LogP contribution in [0.25, 0.3) is 10.9 Å². The Labute approximate surface area is 129 Å². The van der Waals surface area contributed by atoms with Crippen molar-refractivity contribution in [2.45, 2.75) is 20.0 Å². The third-order valence-corrected chi connectivity index (χ3v) is 3.01. The largest absolute Gasteiger partial charge is 0.488 e. The lowest BCUT2D eigenvalue weighted by molar-refractivity contribution is -0.142. The summed E-state index contributed by atoms with van der Waals surface area (Å²) in [5.41, 5.74) is 1.93. The van der Waals surface area contributed by atoms with Crippen molar-refractivity contribution in [3.8, 4) is 5.75 Å². The van der Waals surface area contributed by atoms with Crippen LogP contribution < -0.4 is 4.74 Å². The van der Waals surface area contributed by atoms with E-state index < -0.39 is 12.1 Å². The summed E-state index contributed by atoms with van der Waals surface area (Å²) in [4.78, 5) is 15.7. The van der Waals surface area contributed by atoms with E-state index in [1.54, 1.807) is 13.0 Å². The number of aliphatic hydroxyl groups is 1. The van der Waals surface area contributed by atoms with Crippen LogP contribution in [-0.2, 0) is 9.53 Å². The van der Waals surface area contributed by atoms with E-state index in [0.717, 1.165) is 16.6 Å². The van der Waals surface area contributed by atoms with Gasteiger partial charge in [0.15, 0.2) is 0 Å². The number of nitrogens with zero attached hydrogens (tertiary/aromatic N) is 1. The predicted molar refractivity (Wildman–Crippen MR) is 83.8 cm³/mol. The summed E-state index contributed by atoms with van der Waals surface area (Å²) < 4.78 is 10.5. The molecule has 0 spiro atoms. The van der Waals surface area contributed by atoms with Crippen LogP contribution in [0.3, 0.4) is 0 Å². The van der Waals surface area contributed by atoms with Crippen molar-refractivity contribution in [3.63, 3.8) is 0 Å². The van der Waals surface area contributed by atoms with Crippen molar-refractivity contribution in [2.24, 2.45) is 0 Å². The average Bonchev–Trinajstić information content (AvgIpc) is 2.50. The van der Waals surface area contributed by atoms with Gasteiger partial charge in [-0.15, -0.1) is 0 Å². The summed E-state index contributed by atoms with van der Waals surface area (Å²) in [5, 5.41) is 10.8. The number of esters is 1. The number of aliphatic hydroxyl groups excluding tert-OH is 1. The zero-order chi connectivity index (χ0) is 16.1. The molecule has 0 saturated heterocycles. The highest BCUT2D eigenvalue weighted by molar-refractivity contribution is 5.87. The molecule has 1 heterocycles. The van der Waals surface area contributed by atoms with Gasteiger partial charge in [0.25, 0.3) is 0 Å². The van der Waals surface area contributed by atoms with Gasteiger partial charge in [0.05, 0.1) is 0 Å². The summed E-state index contributed by atoms with van der Waals surface area (Å²) >= 11 is 0. The first-order valence-electron chi connectivity index (χ1n) is 6.97. The molecule has 1 aromatic heterocycles. The maximum atomic E-state index is 11.3. The fourth-order valence-electron chi connectivity index (χ4n) is 1.86. The topological polar surface area (TPSA) is 68.7 Å². The monoisotopic (exact) mass is 301 g/mol. The Bertz CT molecular complexity index is 696. The standard InChI is InChI=1S/C17H19NO4/c1-11(2)17(20)22-10-14(19)9-21-15-6-4-5-13-8-7-12(3)18-16(13)15/h4-8,14,19H,1,9-10H2,2-3H3. The summed E-state index contributed by atoms with van der Waals surface area (Å²) in [6.45, 7) is 6.81. The van der Waals surface area contributed by atoms with Gasteiger partial charge < -0.3 is 14.6 Å². The first-order chi connectivity index (χ1) is 10.5. The molecular weight excluding hydrogens is 282 g/mol. The van der Waals surface area contributed by atoms with Crippen LogP contribution in [0, 0.1) is 6.92 Å². The molecule has 2 rings (SSSR count). The zero-order valence-corrected chi connectivity index (χ0v) is 12.7. The number of pyridine rings is 1. The lowest BCUT2D eigenvalue weighted by Gasteiger charge is -2.14. The molecule has 1 N–H and O–H groups in total. The highest BCUT2D eigenvalue weighted by Crippen LogP contribution is 2.24. The van der Waals surface area contributed by atoms with Crippen LogP contribution in [0.2, 0.25) is 0 Å². The Morgan fingerprint density at radius 3 is 2.82 bits per heavy atom. The number of carbonyl (C=O) groups excluding carboxylic acids is 1. The van der Waals surface area contributed by atoms with Gasteiger partial charge in [-0.3, -0.25) is 0 Å². The van der Waals surface area contributed by atoms with Crippen LogP contribution in [0.15, 0.2) is 42.5 Å². The number of fused-ring (bicyclic) bond motifs is 1. The molecule has 1 aromatic carbocycles. The van der Waals surface area contributed by atoms with Crippen LogP contribution in [0.5, 0.6) is 5.75 Å². The van der Waals surface area contributed by atoms with Crippen molar-refractivity contribution in [3.05, 3.63) is 48.2 Å².